The van der Waals surface area contributed by atoms with Gasteiger partial charge in [0.1, 0.15) is 0 Å². The summed E-state index contributed by atoms with van der Waals surface area (Å²) < 4.78 is 0. The number of rotatable bonds is 17. The molecule has 246 valence electrons. The van der Waals surface area contributed by atoms with E-state index in [0.29, 0.717) is 17.2 Å². The van der Waals surface area contributed by atoms with Gasteiger partial charge in [-0.05, 0) is 84.2 Å². The van der Waals surface area contributed by atoms with Gasteiger partial charge in [0.15, 0.2) is 0 Å². The van der Waals surface area contributed by atoms with Crippen molar-refractivity contribution in [1.82, 2.24) is 20.4 Å². The maximum absolute atomic E-state index is 3.99. The molecule has 0 aromatic heterocycles. The first-order valence-corrected chi connectivity index (χ1v) is 15.1. The van der Waals surface area contributed by atoms with Crippen molar-refractivity contribution in [2.75, 3.05) is 39.3 Å². The monoisotopic (exact) mass is 732 g/mol. The molecule has 0 aromatic rings. The molecule has 2 rings (SSSR count). The second kappa shape index (κ2) is 28.8. The molecule has 4 nitrogen and oxygen atoms in total. The fraction of sp³-hybridized carbons (Fsp3) is 1.00. The molecule has 0 spiro atoms. The molecule has 2 aliphatic rings. The predicted octanol–water partition coefficient (Wildman–Crippen LogP) is -5.44. The van der Waals surface area contributed by atoms with Gasteiger partial charge in [0.2, 0.25) is 0 Å². The van der Waals surface area contributed by atoms with Crippen LogP contribution >= 0.6 is 0 Å². The normalized spacial score (nSPS) is 17.5. The maximum atomic E-state index is 3.99. The first kappa shape index (κ1) is 50.7. The number of halogens is 4. The summed E-state index contributed by atoms with van der Waals surface area (Å²) in [7, 11) is 0. The number of nitrogens with zero attached hydrogens (tertiary/aromatic N) is 2. The van der Waals surface area contributed by atoms with Crippen molar-refractivity contribution in [3.8, 4) is 0 Å². The van der Waals surface area contributed by atoms with Gasteiger partial charge in [0.05, 0.1) is 6.17 Å². The molecule has 10 heteroatoms. The molecule has 2 N–H and O–H groups in total. The fourth-order valence-electron chi connectivity index (χ4n) is 7.30. The molecule has 0 bridgehead atoms. The number of unbranched alkanes of at least 4 members (excludes halogenated alkanes) is 1. The SMILES string of the molecule is CCCCC(NCCC1([15N](CC)CC)CCCCC1)NCCC1([15N](CC)CC)CCCCC1.[Cl-].[Cl-].[Cl-].[Cl-].[Cu+2].[Cu+2]. The van der Waals surface area contributed by atoms with E-state index in [4.69, 9.17) is 0 Å². The second-order valence-corrected chi connectivity index (χ2v) is 11.0. The molecule has 2 fully saturated rings. The minimum absolute atomic E-state index is 0. The van der Waals surface area contributed by atoms with Crippen molar-refractivity contribution in [2.24, 2.45) is 0 Å². The van der Waals surface area contributed by atoms with Gasteiger partial charge in [0, 0.05) is 11.1 Å². The Hall–Kier alpha value is 2.04. The van der Waals surface area contributed by atoms with Crippen molar-refractivity contribution in [3.63, 3.8) is 0 Å². The van der Waals surface area contributed by atoms with Crippen LogP contribution < -0.4 is 60.3 Å². The van der Waals surface area contributed by atoms with Crippen LogP contribution in [0.4, 0.5) is 0 Å². The number of hydrogen-bond acceptors (Lipinski definition) is 4. The van der Waals surface area contributed by atoms with Gasteiger partial charge in [-0.2, -0.15) is 0 Å². The van der Waals surface area contributed by atoms with Crippen LogP contribution in [0, 0.1) is 0 Å². The molecular formula is C29H60Cl4Cu2N4. The molecule has 0 aromatic carbocycles. The van der Waals surface area contributed by atoms with E-state index < -0.39 is 0 Å². The molecule has 0 atom stereocenters. The van der Waals surface area contributed by atoms with Crippen molar-refractivity contribution in [3.05, 3.63) is 0 Å². The largest absolute Gasteiger partial charge is 2.00 e. The standard InChI is InChI=1S/C29H60N4.4ClH.2Cu/c1-6-11-18-27(30-25-23-28(32(7-2)8-3)19-14-12-15-20-28)31-26-24-29(33(9-4)10-5)21-16-13-17-22-29;;;;;;/h27,30-31H,6-26H2,1-5H3;4*1H;;/q;;;;;2*+2/p-4/i32+1,33+1;;;;;;. The molecule has 2 aliphatic carbocycles. The van der Waals surface area contributed by atoms with E-state index in [1.807, 2.05) is 0 Å². The van der Waals surface area contributed by atoms with E-state index in [2.05, 4.69) is 55.1 Å². The first-order valence-electron chi connectivity index (χ1n) is 15.1. The van der Waals surface area contributed by atoms with Crippen LogP contribution in [0.15, 0.2) is 0 Å². The predicted molar refractivity (Wildman–Crippen MR) is 146 cm³/mol. The smallest absolute Gasteiger partial charge is 1.00 e. The summed E-state index contributed by atoms with van der Waals surface area (Å²) in [6.45, 7) is 18.8. The minimum atomic E-state index is 0. The molecule has 0 saturated heterocycles. The van der Waals surface area contributed by atoms with E-state index in [1.165, 1.54) is 122 Å². The molecule has 0 aliphatic heterocycles. The first-order chi connectivity index (χ1) is 16.1. The van der Waals surface area contributed by atoms with Gasteiger partial charge >= 0.3 is 34.1 Å². The van der Waals surface area contributed by atoms with Gasteiger partial charge in [0.25, 0.3) is 0 Å². The van der Waals surface area contributed by atoms with E-state index >= 15 is 0 Å². The molecule has 0 amide bonds. The van der Waals surface area contributed by atoms with Crippen LogP contribution in [0.1, 0.15) is 131 Å². The summed E-state index contributed by atoms with van der Waals surface area (Å²) >= 11 is 0. The summed E-state index contributed by atoms with van der Waals surface area (Å²) in [6.07, 6.45) is 21.1. The summed E-state index contributed by atoms with van der Waals surface area (Å²) in [5, 5.41) is 7.97. The Kier molecular flexibility index (Phi) is 37.4. The van der Waals surface area contributed by atoms with E-state index in [9.17, 15) is 0 Å². The summed E-state index contributed by atoms with van der Waals surface area (Å²) in [5.41, 5.74) is 0.887. The zero-order chi connectivity index (χ0) is 24.0. The Morgan fingerprint density at radius 1 is 0.564 bits per heavy atom. The van der Waals surface area contributed by atoms with Gasteiger partial charge in [-0.3, -0.25) is 9.80 Å². The second-order valence-electron chi connectivity index (χ2n) is 11.0. The van der Waals surface area contributed by atoms with Crippen molar-refractivity contribution in [2.45, 2.75) is 148 Å². The molecule has 2 saturated carbocycles. The zero-order valence-electron chi connectivity index (χ0n) is 25.4. The Morgan fingerprint density at radius 2 is 0.897 bits per heavy atom. The Balaban J connectivity index is -0.000000642. The van der Waals surface area contributed by atoms with Crippen LogP contribution in [0.25, 0.3) is 0 Å². The fourth-order valence-corrected chi connectivity index (χ4v) is 7.30. The molecule has 0 unspecified atom stereocenters. The third-order valence-electron chi connectivity index (χ3n) is 9.25. The van der Waals surface area contributed by atoms with Crippen molar-refractivity contribution in [1.29, 1.82) is 0 Å². The quantitative estimate of drug-likeness (QED) is 0.0889. The van der Waals surface area contributed by atoms with Crippen LogP contribution in [-0.2, 0) is 34.1 Å². The molecule has 39 heavy (non-hydrogen) atoms. The maximum Gasteiger partial charge on any atom is 2.00 e. The van der Waals surface area contributed by atoms with Crippen molar-refractivity contribution >= 4 is 0 Å². The third kappa shape index (κ3) is 16.1. The van der Waals surface area contributed by atoms with Gasteiger partial charge < -0.3 is 60.3 Å². The van der Waals surface area contributed by atoms with E-state index in [-0.39, 0.29) is 83.8 Å². The van der Waals surface area contributed by atoms with Crippen LogP contribution in [0.3, 0.4) is 0 Å². The molecule has 2 radical (unpaired) electrons. The minimum Gasteiger partial charge on any atom is -1.00 e. The topological polar surface area (TPSA) is 30.5 Å². The zero-order valence-corrected chi connectivity index (χ0v) is 30.3. The summed E-state index contributed by atoms with van der Waals surface area (Å²) in [6, 6.07) is 0. The summed E-state index contributed by atoms with van der Waals surface area (Å²) in [4.78, 5) is 5.55. The molecular weight excluding hydrogens is 675 g/mol. The van der Waals surface area contributed by atoms with Gasteiger partial charge in [-0.1, -0.05) is 86.0 Å². The van der Waals surface area contributed by atoms with E-state index in [0.717, 1.165) is 13.1 Å². The average molecular weight is 736 g/mol. The van der Waals surface area contributed by atoms with Crippen LogP contribution in [-0.4, -0.2) is 66.3 Å². The van der Waals surface area contributed by atoms with Gasteiger partial charge in [-0.15, -0.1) is 0 Å². The Bertz CT molecular complexity index is 464. The third-order valence-corrected chi connectivity index (χ3v) is 9.25. The number of hydrogen-bond donors (Lipinski definition) is 2. The van der Waals surface area contributed by atoms with Crippen LogP contribution in [0.5, 0.6) is 0 Å². The van der Waals surface area contributed by atoms with Crippen LogP contribution in [0.2, 0.25) is 0 Å². The van der Waals surface area contributed by atoms with Crippen molar-refractivity contribution < 1.29 is 83.8 Å². The number of nitrogens with one attached hydrogen (secondary N) is 2. The van der Waals surface area contributed by atoms with Gasteiger partial charge in [-0.25, -0.2) is 0 Å². The Morgan fingerprint density at radius 3 is 1.18 bits per heavy atom. The Labute approximate surface area is 289 Å². The average Bonchev–Trinajstić information content (AvgIpc) is 2.85. The van der Waals surface area contributed by atoms with E-state index in [1.54, 1.807) is 0 Å². The molecule has 0 heterocycles. The summed E-state index contributed by atoms with van der Waals surface area (Å²) in [5.74, 6) is 0.